The Morgan fingerprint density at radius 1 is 1.52 bits per heavy atom. The first-order valence-corrected chi connectivity index (χ1v) is 8.91. The van der Waals surface area contributed by atoms with Crippen LogP contribution in [-0.4, -0.2) is 59.5 Å². The van der Waals surface area contributed by atoms with E-state index in [1.807, 2.05) is 0 Å². The summed E-state index contributed by atoms with van der Waals surface area (Å²) in [5, 5.41) is 11.5. The second kappa shape index (κ2) is 6.39. The number of urea groups is 1. The second-order valence-corrected chi connectivity index (χ2v) is 7.90. The molecule has 0 aliphatic carbocycles. The Labute approximate surface area is 125 Å². The summed E-state index contributed by atoms with van der Waals surface area (Å²) >= 11 is 1.37. The zero-order valence-corrected chi connectivity index (χ0v) is 12.7. The standard InChI is InChI=1S/C11H15N3O5S2/c15-10(16)5-14(8-1-2-21(18,19)6-8)11(17)13-4-9-3-12-7-20-9/h3,7-8H,1-2,4-6H2,(H,13,17)(H,15,16). The molecule has 10 heteroatoms. The minimum Gasteiger partial charge on any atom is -0.480 e. The van der Waals surface area contributed by atoms with Crippen molar-refractivity contribution in [2.24, 2.45) is 0 Å². The normalized spacial score (nSPS) is 20.1. The third kappa shape index (κ3) is 4.39. The number of carboxylic acids is 1. The van der Waals surface area contributed by atoms with Crippen LogP contribution in [-0.2, 0) is 21.2 Å². The van der Waals surface area contributed by atoms with E-state index in [0.29, 0.717) is 0 Å². The summed E-state index contributed by atoms with van der Waals surface area (Å²) in [6, 6.07) is -1.17. The first-order valence-electron chi connectivity index (χ1n) is 6.21. The molecule has 1 aromatic heterocycles. The van der Waals surface area contributed by atoms with Gasteiger partial charge in [0.2, 0.25) is 0 Å². The van der Waals surface area contributed by atoms with E-state index in [9.17, 15) is 18.0 Å². The molecule has 2 amide bonds. The summed E-state index contributed by atoms with van der Waals surface area (Å²) < 4.78 is 23.0. The SMILES string of the molecule is O=C(O)CN(C(=O)NCc1cncs1)C1CCS(=O)(=O)C1. The number of carbonyl (C=O) groups excluding carboxylic acids is 1. The van der Waals surface area contributed by atoms with Crippen LogP contribution in [0.15, 0.2) is 11.7 Å². The topological polar surface area (TPSA) is 117 Å². The highest BCUT2D eigenvalue weighted by molar-refractivity contribution is 7.91. The van der Waals surface area contributed by atoms with Crippen molar-refractivity contribution >= 4 is 33.2 Å². The lowest BCUT2D eigenvalue weighted by Crippen LogP contribution is -2.48. The fraction of sp³-hybridized carbons (Fsp3) is 0.545. The molecule has 21 heavy (non-hydrogen) atoms. The Morgan fingerprint density at radius 3 is 2.81 bits per heavy atom. The summed E-state index contributed by atoms with van der Waals surface area (Å²) in [5.74, 6) is -1.38. The molecule has 1 fully saturated rings. The number of amides is 2. The maximum atomic E-state index is 12.1. The summed E-state index contributed by atoms with van der Waals surface area (Å²) in [6.07, 6.45) is 1.87. The van der Waals surface area contributed by atoms with Crippen LogP contribution in [0.4, 0.5) is 4.79 Å². The molecule has 0 spiro atoms. The van der Waals surface area contributed by atoms with Crippen molar-refractivity contribution < 1.29 is 23.1 Å². The Balaban J connectivity index is 2.01. The first kappa shape index (κ1) is 15.7. The van der Waals surface area contributed by atoms with Crippen molar-refractivity contribution in [3.8, 4) is 0 Å². The highest BCUT2D eigenvalue weighted by atomic mass is 32.2. The predicted octanol–water partition coefficient (Wildman–Crippen LogP) is -0.0736. The smallest absolute Gasteiger partial charge is 0.323 e. The molecule has 0 bridgehead atoms. The minimum absolute atomic E-state index is 0.0179. The molecule has 8 nitrogen and oxygen atoms in total. The van der Waals surface area contributed by atoms with Crippen LogP contribution >= 0.6 is 11.3 Å². The van der Waals surface area contributed by atoms with Gasteiger partial charge in [-0.05, 0) is 6.42 Å². The second-order valence-electron chi connectivity index (χ2n) is 4.70. The third-order valence-corrected chi connectivity index (χ3v) is 5.64. The van der Waals surface area contributed by atoms with Gasteiger partial charge < -0.3 is 15.3 Å². The number of hydrogen-bond acceptors (Lipinski definition) is 6. The first-order chi connectivity index (χ1) is 9.87. The van der Waals surface area contributed by atoms with Crippen LogP contribution in [0, 0.1) is 0 Å². The molecule has 2 N–H and O–H groups in total. The maximum Gasteiger partial charge on any atom is 0.323 e. The summed E-state index contributed by atoms with van der Waals surface area (Å²) in [5.41, 5.74) is 1.63. The summed E-state index contributed by atoms with van der Waals surface area (Å²) in [6.45, 7) is -0.284. The molecule has 1 aliphatic heterocycles. The van der Waals surface area contributed by atoms with Gasteiger partial charge in [0, 0.05) is 17.1 Å². The molecule has 1 aromatic rings. The zero-order chi connectivity index (χ0) is 15.5. The number of aromatic nitrogens is 1. The van der Waals surface area contributed by atoms with Crippen LogP contribution in [0.5, 0.6) is 0 Å². The largest absolute Gasteiger partial charge is 0.480 e. The number of sulfone groups is 1. The summed E-state index contributed by atoms with van der Waals surface area (Å²) in [7, 11) is -3.19. The lowest BCUT2D eigenvalue weighted by Gasteiger charge is -2.26. The number of nitrogens with one attached hydrogen (secondary N) is 1. The van der Waals surface area contributed by atoms with Gasteiger partial charge in [-0.2, -0.15) is 0 Å². The van der Waals surface area contributed by atoms with Crippen molar-refractivity contribution in [3.05, 3.63) is 16.6 Å². The fourth-order valence-electron chi connectivity index (χ4n) is 2.13. The number of nitrogens with zero attached hydrogens (tertiary/aromatic N) is 2. The van der Waals surface area contributed by atoms with Crippen molar-refractivity contribution in [3.63, 3.8) is 0 Å². The van der Waals surface area contributed by atoms with Crippen LogP contribution < -0.4 is 5.32 Å². The molecule has 1 aliphatic rings. The van der Waals surface area contributed by atoms with E-state index >= 15 is 0 Å². The molecule has 1 saturated heterocycles. The highest BCUT2D eigenvalue weighted by Crippen LogP contribution is 2.18. The van der Waals surface area contributed by atoms with Crippen molar-refractivity contribution in [1.82, 2.24) is 15.2 Å². The Morgan fingerprint density at radius 2 is 2.29 bits per heavy atom. The number of thiazole rings is 1. The lowest BCUT2D eigenvalue weighted by atomic mass is 10.2. The van der Waals surface area contributed by atoms with Crippen molar-refractivity contribution in [1.29, 1.82) is 0 Å². The fourth-order valence-corrected chi connectivity index (χ4v) is 4.39. The van der Waals surface area contributed by atoms with E-state index < -0.39 is 34.4 Å². The van der Waals surface area contributed by atoms with Gasteiger partial charge in [-0.15, -0.1) is 11.3 Å². The van der Waals surface area contributed by atoms with Gasteiger partial charge in [0.15, 0.2) is 9.84 Å². The van der Waals surface area contributed by atoms with Gasteiger partial charge in [-0.25, -0.2) is 13.2 Å². The van der Waals surface area contributed by atoms with E-state index in [1.165, 1.54) is 11.3 Å². The molecular weight excluding hydrogens is 318 g/mol. The Hall–Kier alpha value is -1.68. The van der Waals surface area contributed by atoms with Crippen LogP contribution in [0.25, 0.3) is 0 Å². The number of carbonyl (C=O) groups is 2. The molecule has 0 saturated carbocycles. The number of aliphatic carboxylic acids is 1. The van der Waals surface area contributed by atoms with Crippen LogP contribution in [0.2, 0.25) is 0 Å². The van der Waals surface area contributed by atoms with Gasteiger partial charge in [-0.1, -0.05) is 0 Å². The van der Waals surface area contributed by atoms with Gasteiger partial charge in [0.05, 0.1) is 23.6 Å². The molecule has 1 unspecified atom stereocenters. The minimum atomic E-state index is -3.19. The van der Waals surface area contributed by atoms with E-state index in [2.05, 4.69) is 10.3 Å². The van der Waals surface area contributed by atoms with E-state index in [1.54, 1.807) is 11.7 Å². The van der Waals surface area contributed by atoms with Crippen molar-refractivity contribution in [2.45, 2.75) is 19.0 Å². The predicted molar refractivity (Wildman–Crippen MR) is 75.8 cm³/mol. The molecule has 116 valence electrons. The average molecular weight is 333 g/mol. The van der Waals surface area contributed by atoms with E-state index in [-0.39, 0.29) is 24.5 Å². The monoisotopic (exact) mass is 333 g/mol. The zero-order valence-electron chi connectivity index (χ0n) is 11.1. The molecule has 0 aromatic carbocycles. The molecule has 0 radical (unpaired) electrons. The Bertz CT molecular complexity index is 614. The van der Waals surface area contributed by atoms with E-state index in [4.69, 9.17) is 5.11 Å². The molecule has 2 rings (SSSR count). The van der Waals surface area contributed by atoms with Crippen LogP contribution in [0.3, 0.4) is 0 Å². The number of carboxylic acid groups (broad SMARTS) is 1. The van der Waals surface area contributed by atoms with Gasteiger partial charge in [0.25, 0.3) is 0 Å². The maximum absolute atomic E-state index is 12.1. The van der Waals surface area contributed by atoms with Crippen LogP contribution in [0.1, 0.15) is 11.3 Å². The number of hydrogen-bond donors (Lipinski definition) is 2. The van der Waals surface area contributed by atoms with Gasteiger partial charge in [-0.3, -0.25) is 9.78 Å². The van der Waals surface area contributed by atoms with Gasteiger partial charge >= 0.3 is 12.0 Å². The molecule has 1 atom stereocenters. The average Bonchev–Trinajstić information content (AvgIpc) is 3.02. The van der Waals surface area contributed by atoms with Gasteiger partial charge in [0.1, 0.15) is 6.54 Å². The molecular formula is C11H15N3O5S2. The lowest BCUT2D eigenvalue weighted by molar-refractivity contribution is -0.138. The van der Waals surface area contributed by atoms with Crippen molar-refractivity contribution in [2.75, 3.05) is 18.1 Å². The van der Waals surface area contributed by atoms with E-state index in [0.717, 1.165) is 9.78 Å². The molecule has 2 heterocycles. The third-order valence-electron chi connectivity index (χ3n) is 3.11. The Kier molecular flexibility index (Phi) is 4.78. The highest BCUT2D eigenvalue weighted by Gasteiger charge is 2.35. The summed E-state index contributed by atoms with van der Waals surface area (Å²) in [4.78, 5) is 28.8. The number of rotatable bonds is 5. The quantitative estimate of drug-likeness (QED) is 0.779.